The Morgan fingerprint density at radius 2 is 1.80 bits per heavy atom. The van der Waals surface area contributed by atoms with Crippen molar-refractivity contribution in [2.45, 2.75) is 84.2 Å². The molecule has 0 unspecified atom stereocenters. The largest absolute Gasteiger partial charge is 0.439 e. The van der Waals surface area contributed by atoms with E-state index in [1.165, 1.54) is 50.1 Å². The number of aliphatic hydroxyl groups is 1. The molecule has 1 aromatic heterocycles. The summed E-state index contributed by atoms with van der Waals surface area (Å²) in [5.74, 6) is -2.68. The third-order valence-electron chi connectivity index (χ3n) is 9.45. The van der Waals surface area contributed by atoms with Crippen molar-refractivity contribution in [1.29, 1.82) is 0 Å². The third-order valence-corrected chi connectivity index (χ3v) is 9.45. The fourth-order valence-electron chi connectivity index (χ4n) is 6.44. The number of nitrogens with two attached hydrogens (primary N) is 1. The fourth-order valence-corrected chi connectivity index (χ4v) is 6.44. The number of aliphatic hydroxyl groups excluding tert-OH is 1. The van der Waals surface area contributed by atoms with E-state index in [4.69, 9.17) is 19.9 Å². The van der Waals surface area contributed by atoms with E-state index in [9.17, 15) is 37.5 Å². The average molecular weight is 785 g/mol. The van der Waals surface area contributed by atoms with Crippen LogP contribution in [0.1, 0.15) is 57.4 Å². The highest BCUT2D eigenvalue weighted by atomic mass is 19.4. The molecule has 4 rings (SSSR count). The summed E-state index contributed by atoms with van der Waals surface area (Å²) in [5, 5.41) is 25.1. The van der Waals surface area contributed by atoms with Crippen molar-refractivity contribution < 1.29 is 51.7 Å². The van der Waals surface area contributed by atoms with Crippen LogP contribution >= 0.6 is 0 Å². The van der Waals surface area contributed by atoms with E-state index < -0.39 is 65.6 Å². The lowest BCUT2D eigenvalue weighted by atomic mass is 9.85. The van der Waals surface area contributed by atoms with Gasteiger partial charge in [0.25, 0.3) is 5.91 Å². The van der Waals surface area contributed by atoms with Gasteiger partial charge in [0.15, 0.2) is 6.10 Å². The zero-order valence-corrected chi connectivity index (χ0v) is 31.9. The van der Waals surface area contributed by atoms with E-state index >= 15 is 0 Å². The summed E-state index contributed by atoms with van der Waals surface area (Å²) in [6.07, 6.45) is 0.0680. The Kier molecular flexibility index (Phi) is 14.7. The number of allylic oxidation sites excluding steroid dienone is 4. The van der Waals surface area contributed by atoms with Crippen LogP contribution in [-0.2, 0) is 47.9 Å². The number of nitrogens with zero attached hydrogens (tertiary/aromatic N) is 3. The highest BCUT2D eigenvalue weighted by Gasteiger charge is 2.34. The molecule has 0 fully saturated rings. The SMILES string of the molecule is CO[C@H]1/C=C\C=C(/C)C(=O)NC2=CC(=O)C(NCc3cn(Cc4ccc(C(F)(F)F)cc4)nn3)=C(C[C@@H](C)C[C@H](OC)[C@H](O)[C@@H](C)/C=C(\C)[C@@H]1OC(N)=O)C2=O. The molecule has 17 heteroatoms. The first kappa shape index (κ1) is 43.3. The van der Waals surface area contributed by atoms with Gasteiger partial charge in [-0.25, -0.2) is 9.48 Å². The maximum absolute atomic E-state index is 14.0. The number of Topliss-reactive ketones (excluding diaryl/α,β-unsaturated/α-hetero) is 1. The first-order valence-electron chi connectivity index (χ1n) is 17.8. The van der Waals surface area contributed by atoms with Gasteiger partial charge in [-0.1, -0.05) is 55.5 Å². The van der Waals surface area contributed by atoms with E-state index in [1.807, 2.05) is 6.92 Å². The molecule has 56 heavy (non-hydrogen) atoms. The number of primary amides is 1. The minimum absolute atomic E-state index is 0.00855. The summed E-state index contributed by atoms with van der Waals surface area (Å²) in [4.78, 5) is 52.7. The molecular formula is C39H47F3N6O8. The van der Waals surface area contributed by atoms with E-state index in [1.54, 1.807) is 32.2 Å². The molecule has 302 valence electrons. The molecule has 0 spiro atoms. The second kappa shape index (κ2) is 19.0. The minimum atomic E-state index is -4.46. The Bertz CT molecular complexity index is 1930. The number of ketones is 2. The Labute approximate surface area is 322 Å². The number of alkyl halides is 3. The van der Waals surface area contributed by atoms with Gasteiger partial charge in [0.05, 0.1) is 48.5 Å². The smallest absolute Gasteiger partial charge is 0.416 e. The van der Waals surface area contributed by atoms with Gasteiger partial charge in [0.1, 0.15) is 11.8 Å². The molecule has 2 aromatic rings. The number of halogens is 3. The number of carbonyl (C=O) groups excluding carboxylic acids is 4. The predicted molar refractivity (Wildman–Crippen MR) is 197 cm³/mol. The van der Waals surface area contributed by atoms with Crippen molar-refractivity contribution in [1.82, 2.24) is 25.6 Å². The van der Waals surface area contributed by atoms with E-state index in [0.717, 1.165) is 18.2 Å². The second-order valence-corrected chi connectivity index (χ2v) is 13.9. The minimum Gasteiger partial charge on any atom is -0.439 e. The van der Waals surface area contributed by atoms with Gasteiger partial charge >= 0.3 is 12.3 Å². The summed E-state index contributed by atoms with van der Waals surface area (Å²) in [7, 11) is 2.85. The normalized spacial score (nSPS) is 27.0. The summed E-state index contributed by atoms with van der Waals surface area (Å²) < 4.78 is 57.0. The number of carbonyl (C=O) groups is 4. The number of benzene rings is 1. The van der Waals surface area contributed by atoms with E-state index in [-0.39, 0.29) is 54.4 Å². The zero-order valence-electron chi connectivity index (χ0n) is 31.9. The standard InChI is InChI=1S/C39H47F3N6O8/c1-21-14-28-33(44-18-27-20-48(47-46-27)19-25-10-12-26(13-11-25)39(40,41)42)30(49)17-29(35(28)51)45-37(52)22(2)8-7-9-31(54-5)36(56-38(43)53)24(4)16-23(3)34(50)32(15-21)55-6/h7-13,16-17,20-21,23,31-32,34,36,44,50H,14-15,18-19H2,1-6H3,(H2,43,53)(H,45,52)/b9-7-,22-8+,24-16+/t21-,23+,31+,32+,34-,36+/m1/s1. The predicted octanol–water partition coefficient (Wildman–Crippen LogP) is 4.21. The van der Waals surface area contributed by atoms with Gasteiger partial charge < -0.3 is 35.7 Å². The summed E-state index contributed by atoms with van der Waals surface area (Å²) in [6, 6.07) is 4.66. The molecule has 1 aromatic carbocycles. The van der Waals surface area contributed by atoms with Crippen LogP contribution in [0.3, 0.4) is 0 Å². The number of rotatable bonds is 8. The van der Waals surface area contributed by atoms with Crippen LogP contribution in [0.2, 0.25) is 0 Å². The quantitative estimate of drug-likeness (QED) is 0.221. The maximum Gasteiger partial charge on any atom is 0.416 e. The number of fused-ring (bicyclic) bond motifs is 2. The lowest BCUT2D eigenvalue weighted by Crippen LogP contribution is -2.37. The van der Waals surface area contributed by atoms with Crippen LogP contribution in [0.4, 0.5) is 18.0 Å². The fraction of sp³-hybridized carbons (Fsp3) is 0.436. The monoisotopic (exact) mass is 784 g/mol. The lowest BCUT2D eigenvalue weighted by molar-refractivity contribution is -0.137. The van der Waals surface area contributed by atoms with Crippen LogP contribution < -0.4 is 16.4 Å². The number of hydrogen-bond acceptors (Lipinski definition) is 11. The molecule has 2 aliphatic rings. The molecule has 2 heterocycles. The van der Waals surface area contributed by atoms with Crippen molar-refractivity contribution in [3.63, 3.8) is 0 Å². The molecule has 1 aliphatic carbocycles. The molecule has 1 aliphatic heterocycles. The Morgan fingerprint density at radius 3 is 2.43 bits per heavy atom. The Hall–Kier alpha value is -5.39. The Morgan fingerprint density at radius 1 is 1.11 bits per heavy atom. The van der Waals surface area contributed by atoms with Gasteiger partial charge in [-0.15, -0.1) is 5.10 Å². The molecule has 2 bridgehead atoms. The zero-order chi connectivity index (χ0) is 41.3. The number of aromatic nitrogens is 3. The van der Waals surface area contributed by atoms with Gasteiger partial charge in [-0.2, -0.15) is 13.2 Å². The first-order valence-corrected chi connectivity index (χ1v) is 17.8. The molecule has 6 atom stereocenters. The summed E-state index contributed by atoms with van der Waals surface area (Å²) in [6.45, 7) is 6.91. The van der Waals surface area contributed by atoms with Crippen LogP contribution in [0.25, 0.3) is 0 Å². The van der Waals surface area contributed by atoms with Crippen molar-refractivity contribution in [3.05, 3.63) is 106 Å². The van der Waals surface area contributed by atoms with E-state index in [0.29, 0.717) is 16.8 Å². The second-order valence-electron chi connectivity index (χ2n) is 13.9. The van der Waals surface area contributed by atoms with E-state index in [2.05, 4.69) is 20.9 Å². The maximum atomic E-state index is 14.0. The van der Waals surface area contributed by atoms with Gasteiger partial charge in [-0.05, 0) is 55.9 Å². The van der Waals surface area contributed by atoms with Crippen LogP contribution in [0.5, 0.6) is 0 Å². The molecule has 0 saturated heterocycles. The molecule has 5 N–H and O–H groups in total. The summed E-state index contributed by atoms with van der Waals surface area (Å²) in [5.41, 5.74) is 6.11. The van der Waals surface area contributed by atoms with Gasteiger partial charge in [-0.3, -0.25) is 14.4 Å². The number of ether oxygens (including phenoxy) is 3. The van der Waals surface area contributed by atoms with Crippen molar-refractivity contribution in [2.24, 2.45) is 17.6 Å². The average Bonchev–Trinajstić information content (AvgIpc) is 3.59. The molecular weight excluding hydrogens is 737 g/mol. The van der Waals surface area contributed by atoms with Crippen LogP contribution in [0.15, 0.2) is 89.0 Å². The molecule has 2 amide bonds. The van der Waals surface area contributed by atoms with Crippen molar-refractivity contribution in [3.8, 4) is 0 Å². The van der Waals surface area contributed by atoms with Crippen molar-refractivity contribution in [2.75, 3.05) is 14.2 Å². The third kappa shape index (κ3) is 11.3. The lowest BCUT2D eigenvalue weighted by Gasteiger charge is -2.30. The summed E-state index contributed by atoms with van der Waals surface area (Å²) >= 11 is 0. The number of hydrogen-bond donors (Lipinski definition) is 4. The highest BCUT2D eigenvalue weighted by molar-refractivity contribution is 6.23. The van der Waals surface area contributed by atoms with Crippen LogP contribution in [0, 0.1) is 11.8 Å². The molecule has 14 nitrogen and oxygen atoms in total. The number of nitrogens with one attached hydrogen (secondary N) is 2. The van der Waals surface area contributed by atoms with Crippen LogP contribution in [-0.4, -0.2) is 82.3 Å². The topological polar surface area (TPSA) is 197 Å². The molecule has 0 saturated carbocycles. The Balaban J connectivity index is 1.64. The molecule has 0 radical (unpaired) electrons. The first-order chi connectivity index (χ1) is 26.4. The highest BCUT2D eigenvalue weighted by Crippen LogP contribution is 2.30. The number of amides is 2. The van der Waals surface area contributed by atoms with Gasteiger partial charge in [0.2, 0.25) is 11.6 Å². The van der Waals surface area contributed by atoms with Gasteiger partial charge in [0, 0.05) is 37.4 Å². The van der Waals surface area contributed by atoms with Crippen molar-refractivity contribution >= 4 is 23.6 Å². The number of methoxy groups -OCH3 is 2.